The van der Waals surface area contributed by atoms with E-state index >= 15 is 0 Å². The van der Waals surface area contributed by atoms with Crippen LogP contribution in [0.4, 0.5) is 0 Å². The molecule has 0 fully saturated rings. The monoisotopic (exact) mass is 414 g/mol. The molecule has 0 spiro atoms. The van der Waals surface area contributed by atoms with Crippen molar-refractivity contribution in [3.63, 3.8) is 0 Å². The van der Waals surface area contributed by atoms with Gasteiger partial charge < -0.3 is 15.2 Å². The number of dihydropyridines is 1. The Morgan fingerprint density at radius 3 is 2.40 bits per heavy atom. The average molecular weight is 415 g/mol. The predicted octanol–water partition coefficient (Wildman–Crippen LogP) is 4.09. The summed E-state index contributed by atoms with van der Waals surface area (Å²) in [5, 5.41) is 12.8. The van der Waals surface area contributed by atoms with Crippen LogP contribution in [0.15, 0.2) is 52.9 Å². The van der Waals surface area contributed by atoms with Crippen molar-refractivity contribution in [2.45, 2.75) is 53.0 Å². The lowest BCUT2D eigenvalue weighted by atomic mass is 9.82. The fourth-order valence-corrected chi connectivity index (χ4v) is 3.92. The number of esters is 1. The Kier molecular flexibility index (Phi) is 9.12. The SMILES string of the molecule is CCCCCC1C(C(=O)O)=C(C)NC(C)=C1C(=O)OCCN(C)Cc1ccccc1. The van der Waals surface area contributed by atoms with Gasteiger partial charge in [-0.15, -0.1) is 0 Å². The number of benzene rings is 1. The van der Waals surface area contributed by atoms with Crippen molar-refractivity contribution in [3.05, 3.63) is 58.4 Å². The summed E-state index contributed by atoms with van der Waals surface area (Å²) in [6, 6.07) is 10.1. The number of allylic oxidation sites excluding steroid dienone is 2. The van der Waals surface area contributed by atoms with Crippen LogP contribution in [-0.2, 0) is 20.9 Å². The molecule has 0 aromatic heterocycles. The van der Waals surface area contributed by atoms with Crippen molar-refractivity contribution in [2.75, 3.05) is 20.2 Å². The van der Waals surface area contributed by atoms with E-state index in [-0.39, 0.29) is 12.2 Å². The van der Waals surface area contributed by atoms with Gasteiger partial charge >= 0.3 is 11.9 Å². The summed E-state index contributed by atoms with van der Waals surface area (Å²) in [6.07, 6.45) is 3.53. The normalized spacial score (nSPS) is 16.6. The van der Waals surface area contributed by atoms with Gasteiger partial charge in [0.1, 0.15) is 6.61 Å². The van der Waals surface area contributed by atoms with Crippen LogP contribution in [0.5, 0.6) is 0 Å². The average Bonchev–Trinajstić information content (AvgIpc) is 2.68. The standard InChI is InChI=1S/C24H34N2O4/c1-5-6-8-13-20-21(23(27)28)17(2)25-18(3)22(20)24(29)30-15-14-26(4)16-19-11-9-7-10-12-19/h7,9-12,20,25H,5-6,8,13-16H2,1-4H3,(H,27,28). The molecule has 1 aliphatic heterocycles. The molecule has 164 valence electrons. The van der Waals surface area contributed by atoms with Gasteiger partial charge in [-0.05, 0) is 32.9 Å². The number of aliphatic carboxylic acids is 1. The molecule has 0 amide bonds. The van der Waals surface area contributed by atoms with Crippen LogP contribution < -0.4 is 5.32 Å². The zero-order chi connectivity index (χ0) is 22.1. The maximum Gasteiger partial charge on any atom is 0.336 e. The van der Waals surface area contributed by atoms with E-state index in [2.05, 4.69) is 29.3 Å². The van der Waals surface area contributed by atoms with Gasteiger partial charge in [0.05, 0.1) is 11.1 Å². The van der Waals surface area contributed by atoms with Crippen molar-refractivity contribution in [1.82, 2.24) is 10.2 Å². The van der Waals surface area contributed by atoms with E-state index < -0.39 is 17.9 Å². The Hall–Kier alpha value is -2.60. The van der Waals surface area contributed by atoms with Crippen molar-refractivity contribution in [2.24, 2.45) is 5.92 Å². The van der Waals surface area contributed by atoms with Crippen LogP contribution in [0.2, 0.25) is 0 Å². The topological polar surface area (TPSA) is 78.9 Å². The molecule has 0 aliphatic carbocycles. The minimum Gasteiger partial charge on any atom is -0.478 e. The highest BCUT2D eigenvalue weighted by Crippen LogP contribution is 2.34. The molecule has 1 aliphatic rings. The van der Waals surface area contributed by atoms with Gasteiger partial charge in [-0.1, -0.05) is 56.5 Å². The van der Waals surface area contributed by atoms with Crippen LogP contribution >= 0.6 is 0 Å². The summed E-state index contributed by atoms with van der Waals surface area (Å²) < 4.78 is 5.57. The Balaban J connectivity index is 2.01. The van der Waals surface area contributed by atoms with Gasteiger partial charge in [0.25, 0.3) is 0 Å². The van der Waals surface area contributed by atoms with Gasteiger partial charge in [0, 0.05) is 30.4 Å². The fraction of sp³-hybridized carbons (Fsp3) is 0.500. The van der Waals surface area contributed by atoms with Crippen molar-refractivity contribution < 1.29 is 19.4 Å². The Labute approximate surface area is 179 Å². The summed E-state index contributed by atoms with van der Waals surface area (Å²) in [4.78, 5) is 26.9. The first-order valence-electron chi connectivity index (χ1n) is 10.7. The minimum atomic E-state index is -0.984. The lowest BCUT2D eigenvalue weighted by Crippen LogP contribution is -2.33. The molecule has 1 unspecified atom stereocenters. The molecular weight excluding hydrogens is 380 g/mol. The van der Waals surface area contributed by atoms with Crippen LogP contribution in [0.3, 0.4) is 0 Å². The maximum absolute atomic E-state index is 12.9. The number of carbonyl (C=O) groups is 2. The molecule has 30 heavy (non-hydrogen) atoms. The quantitative estimate of drug-likeness (QED) is 0.419. The summed E-state index contributed by atoms with van der Waals surface area (Å²) in [5.74, 6) is -1.85. The van der Waals surface area contributed by atoms with E-state index in [4.69, 9.17) is 4.74 Å². The molecule has 2 N–H and O–H groups in total. The van der Waals surface area contributed by atoms with E-state index in [1.807, 2.05) is 32.2 Å². The lowest BCUT2D eigenvalue weighted by molar-refractivity contribution is -0.140. The van der Waals surface area contributed by atoms with Crippen molar-refractivity contribution in [1.29, 1.82) is 0 Å². The molecule has 1 aromatic rings. The molecule has 2 rings (SSSR count). The first-order valence-corrected chi connectivity index (χ1v) is 10.7. The third kappa shape index (κ3) is 6.46. The van der Waals surface area contributed by atoms with Crippen LogP contribution in [0, 0.1) is 5.92 Å². The maximum atomic E-state index is 12.9. The third-order valence-electron chi connectivity index (χ3n) is 5.43. The van der Waals surface area contributed by atoms with E-state index in [9.17, 15) is 14.7 Å². The van der Waals surface area contributed by atoms with Crippen LogP contribution in [0.25, 0.3) is 0 Å². The minimum absolute atomic E-state index is 0.256. The highest BCUT2D eigenvalue weighted by Gasteiger charge is 2.35. The third-order valence-corrected chi connectivity index (χ3v) is 5.43. The number of hydrogen-bond acceptors (Lipinski definition) is 5. The lowest BCUT2D eigenvalue weighted by Gasteiger charge is -2.29. The van der Waals surface area contributed by atoms with Gasteiger partial charge in [-0.25, -0.2) is 9.59 Å². The molecule has 1 aromatic carbocycles. The van der Waals surface area contributed by atoms with E-state index in [0.29, 0.717) is 29.9 Å². The van der Waals surface area contributed by atoms with Gasteiger partial charge in [-0.3, -0.25) is 4.90 Å². The largest absolute Gasteiger partial charge is 0.478 e. The van der Waals surface area contributed by atoms with E-state index in [0.717, 1.165) is 25.8 Å². The van der Waals surface area contributed by atoms with E-state index in [1.54, 1.807) is 6.92 Å². The molecule has 0 bridgehead atoms. The Morgan fingerprint density at radius 2 is 1.77 bits per heavy atom. The van der Waals surface area contributed by atoms with Gasteiger partial charge in [-0.2, -0.15) is 0 Å². The van der Waals surface area contributed by atoms with Crippen molar-refractivity contribution >= 4 is 11.9 Å². The second-order valence-corrected chi connectivity index (χ2v) is 7.92. The number of carboxylic acid groups (broad SMARTS) is 1. The summed E-state index contributed by atoms with van der Waals surface area (Å²) >= 11 is 0. The number of rotatable bonds is 11. The summed E-state index contributed by atoms with van der Waals surface area (Å²) in [5.41, 5.74) is 3.19. The Bertz CT molecular complexity index is 799. The Morgan fingerprint density at radius 1 is 1.10 bits per heavy atom. The molecule has 0 radical (unpaired) electrons. The van der Waals surface area contributed by atoms with Gasteiger partial charge in [0.15, 0.2) is 0 Å². The van der Waals surface area contributed by atoms with Crippen LogP contribution in [-0.4, -0.2) is 42.1 Å². The second kappa shape index (κ2) is 11.6. The zero-order valence-electron chi connectivity index (χ0n) is 18.5. The zero-order valence-corrected chi connectivity index (χ0v) is 18.5. The number of nitrogens with zero attached hydrogens (tertiary/aromatic N) is 1. The first-order chi connectivity index (χ1) is 14.3. The highest BCUT2D eigenvalue weighted by molar-refractivity contribution is 5.97. The number of likely N-dealkylation sites (N-methyl/N-ethyl adjacent to an activating group) is 1. The molecule has 6 nitrogen and oxygen atoms in total. The predicted molar refractivity (Wildman–Crippen MR) is 118 cm³/mol. The summed E-state index contributed by atoms with van der Waals surface area (Å²) in [6.45, 7) is 7.29. The first kappa shape index (κ1) is 23.7. The molecule has 6 heteroatoms. The molecule has 0 saturated carbocycles. The highest BCUT2D eigenvalue weighted by atomic mass is 16.5. The number of unbranched alkanes of at least 4 members (excludes halogenated alkanes) is 2. The molecule has 1 atom stereocenters. The second-order valence-electron chi connectivity index (χ2n) is 7.92. The van der Waals surface area contributed by atoms with Gasteiger partial charge in [0.2, 0.25) is 0 Å². The molecule has 0 saturated heterocycles. The van der Waals surface area contributed by atoms with Crippen LogP contribution in [0.1, 0.15) is 52.0 Å². The fourth-order valence-electron chi connectivity index (χ4n) is 3.92. The number of ether oxygens (including phenoxy) is 1. The number of nitrogens with one attached hydrogen (secondary N) is 1. The molecule has 1 heterocycles. The van der Waals surface area contributed by atoms with Crippen molar-refractivity contribution in [3.8, 4) is 0 Å². The summed E-state index contributed by atoms with van der Waals surface area (Å²) in [7, 11) is 1.98. The number of carbonyl (C=O) groups excluding carboxylic acids is 1. The number of hydrogen-bond donors (Lipinski definition) is 2. The molecular formula is C24H34N2O4. The smallest absolute Gasteiger partial charge is 0.336 e. The van der Waals surface area contributed by atoms with E-state index in [1.165, 1.54) is 5.56 Å². The number of carboxylic acids is 1.